The van der Waals surface area contributed by atoms with Crippen molar-refractivity contribution in [3.63, 3.8) is 0 Å². The highest BCUT2D eigenvalue weighted by Crippen LogP contribution is 2.30. The van der Waals surface area contributed by atoms with Crippen LogP contribution in [0, 0.1) is 0 Å². The maximum absolute atomic E-state index is 12.6. The first kappa shape index (κ1) is 22.6. The van der Waals surface area contributed by atoms with E-state index in [0.29, 0.717) is 18.9 Å². The first-order chi connectivity index (χ1) is 15.1. The molecule has 7 nitrogen and oxygen atoms in total. The molecule has 1 aromatic heterocycles. The van der Waals surface area contributed by atoms with Gasteiger partial charge < -0.3 is 24.6 Å². The average molecular weight is 434 g/mol. The number of benzene rings is 1. The number of guanidine groups is 1. The molecule has 1 saturated heterocycles. The highest BCUT2D eigenvalue weighted by atomic mass is 19.3. The van der Waals surface area contributed by atoms with Crippen LogP contribution in [0.5, 0.6) is 11.5 Å². The standard InChI is InChI=1S/C22H29F2N5O2/c1-3-25-22(29-13-11-28(12-14-29)20-7-5-6-10-26-20)27-16-17-8-9-18(31-21(23)24)19(15-17)30-4-2/h5-10,15,21H,3-4,11-14,16H2,1-2H3,(H,25,27). The van der Waals surface area contributed by atoms with E-state index in [0.717, 1.165) is 50.1 Å². The molecule has 0 unspecified atom stereocenters. The summed E-state index contributed by atoms with van der Waals surface area (Å²) in [6.45, 7) is 5.81. The number of halogens is 2. The third kappa shape index (κ3) is 6.44. The lowest BCUT2D eigenvalue weighted by atomic mass is 10.2. The minimum absolute atomic E-state index is 0.0297. The highest BCUT2D eigenvalue weighted by molar-refractivity contribution is 5.80. The summed E-state index contributed by atoms with van der Waals surface area (Å²) in [5.41, 5.74) is 0.854. The van der Waals surface area contributed by atoms with Crippen molar-refractivity contribution in [1.29, 1.82) is 0 Å². The number of hydrogen-bond donors (Lipinski definition) is 1. The van der Waals surface area contributed by atoms with Gasteiger partial charge in [-0.2, -0.15) is 8.78 Å². The van der Waals surface area contributed by atoms with Crippen LogP contribution >= 0.6 is 0 Å². The molecule has 168 valence electrons. The highest BCUT2D eigenvalue weighted by Gasteiger charge is 2.20. The van der Waals surface area contributed by atoms with Gasteiger partial charge in [0.2, 0.25) is 0 Å². The number of alkyl halides is 2. The van der Waals surface area contributed by atoms with Gasteiger partial charge in [-0.05, 0) is 43.7 Å². The Morgan fingerprint density at radius 2 is 1.94 bits per heavy atom. The quantitative estimate of drug-likeness (QED) is 0.509. The van der Waals surface area contributed by atoms with Crippen molar-refractivity contribution in [2.24, 2.45) is 4.99 Å². The van der Waals surface area contributed by atoms with Gasteiger partial charge >= 0.3 is 6.61 Å². The Morgan fingerprint density at radius 3 is 2.58 bits per heavy atom. The number of piperazine rings is 1. The van der Waals surface area contributed by atoms with Crippen molar-refractivity contribution in [3.8, 4) is 11.5 Å². The van der Waals surface area contributed by atoms with E-state index in [1.165, 1.54) is 6.07 Å². The minimum atomic E-state index is -2.90. The molecule has 0 amide bonds. The SMILES string of the molecule is CCNC(=NCc1ccc(OC(F)F)c(OCC)c1)N1CCN(c2ccccn2)CC1. The van der Waals surface area contributed by atoms with Crippen molar-refractivity contribution in [2.75, 3.05) is 44.2 Å². The topological polar surface area (TPSA) is 62.2 Å². The van der Waals surface area contributed by atoms with E-state index in [-0.39, 0.29) is 5.75 Å². The summed E-state index contributed by atoms with van der Waals surface area (Å²) in [5, 5.41) is 3.34. The molecule has 0 radical (unpaired) electrons. The van der Waals surface area contributed by atoms with E-state index in [1.54, 1.807) is 25.3 Å². The predicted molar refractivity (Wildman–Crippen MR) is 117 cm³/mol. The molecule has 1 aromatic carbocycles. The average Bonchev–Trinajstić information content (AvgIpc) is 2.79. The minimum Gasteiger partial charge on any atom is -0.490 e. The van der Waals surface area contributed by atoms with Crippen LogP contribution in [0.3, 0.4) is 0 Å². The fourth-order valence-corrected chi connectivity index (χ4v) is 3.39. The Kier molecular flexibility index (Phi) is 8.26. The molecule has 0 atom stereocenters. The number of aromatic nitrogens is 1. The number of ether oxygens (including phenoxy) is 2. The van der Waals surface area contributed by atoms with Gasteiger partial charge in [-0.25, -0.2) is 9.98 Å². The zero-order valence-electron chi connectivity index (χ0n) is 17.9. The van der Waals surface area contributed by atoms with Crippen molar-refractivity contribution in [3.05, 3.63) is 48.2 Å². The molecule has 2 aromatic rings. The van der Waals surface area contributed by atoms with Crippen LogP contribution in [-0.2, 0) is 6.54 Å². The van der Waals surface area contributed by atoms with Crippen LogP contribution in [0.2, 0.25) is 0 Å². The van der Waals surface area contributed by atoms with Crippen LogP contribution in [0.15, 0.2) is 47.6 Å². The van der Waals surface area contributed by atoms with Crippen molar-refractivity contribution >= 4 is 11.8 Å². The van der Waals surface area contributed by atoms with Crippen LogP contribution in [0.25, 0.3) is 0 Å². The van der Waals surface area contributed by atoms with Crippen LogP contribution in [0.1, 0.15) is 19.4 Å². The number of anilines is 1. The maximum Gasteiger partial charge on any atom is 0.387 e. The van der Waals surface area contributed by atoms with Crippen molar-refractivity contribution in [2.45, 2.75) is 27.0 Å². The molecular formula is C22H29F2N5O2. The summed E-state index contributed by atoms with van der Waals surface area (Å²) in [7, 11) is 0. The van der Waals surface area contributed by atoms with E-state index in [9.17, 15) is 8.78 Å². The molecule has 0 saturated carbocycles. The van der Waals surface area contributed by atoms with E-state index in [4.69, 9.17) is 9.73 Å². The van der Waals surface area contributed by atoms with Gasteiger partial charge in [-0.3, -0.25) is 0 Å². The van der Waals surface area contributed by atoms with Crippen LogP contribution < -0.4 is 19.7 Å². The molecule has 2 heterocycles. The lowest BCUT2D eigenvalue weighted by molar-refractivity contribution is -0.0514. The molecule has 3 rings (SSSR count). The number of rotatable bonds is 8. The van der Waals surface area contributed by atoms with Gasteiger partial charge in [0.1, 0.15) is 5.82 Å². The van der Waals surface area contributed by atoms with E-state index >= 15 is 0 Å². The van der Waals surface area contributed by atoms with E-state index < -0.39 is 6.61 Å². The first-order valence-corrected chi connectivity index (χ1v) is 10.5. The third-order valence-electron chi connectivity index (χ3n) is 4.82. The second kappa shape index (κ2) is 11.3. The summed E-state index contributed by atoms with van der Waals surface area (Å²) < 4.78 is 35.2. The zero-order chi connectivity index (χ0) is 22.1. The van der Waals surface area contributed by atoms with Crippen molar-refractivity contribution in [1.82, 2.24) is 15.2 Å². The van der Waals surface area contributed by atoms with Gasteiger partial charge in [0.05, 0.1) is 13.2 Å². The van der Waals surface area contributed by atoms with Gasteiger partial charge in [0.15, 0.2) is 17.5 Å². The second-order valence-electron chi connectivity index (χ2n) is 6.92. The summed E-state index contributed by atoms with van der Waals surface area (Å²) in [6, 6.07) is 10.9. The van der Waals surface area contributed by atoms with Crippen LogP contribution in [0.4, 0.5) is 14.6 Å². The van der Waals surface area contributed by atoms with Gasteiger partial charge in [-0.15, -0.1) is 0 Å². The zero-order valence-corrected chi connectivity index (χ0v) is 17.9. The number of aliphatic imine (C=N–C) groups is 1. The third-order valence-corrected chi connectivity index (χ3v) is 4.82. The van der Waals surface area contributed by atoms with E-state index in [2.05, 4.69) is 24.8 Å². The Morgan fingerprint density at radius 1 is 1.13 bits per heavy atom. The number of nitrogens with zero attached hydrogens (tertiary/aromatic N) is 4. The van der Waals surface area contributed by atoms with Crippen molar-refractivity contribution < 1.29 is 18.3 Å². The predicted octanol–water partition coefficient (Wildman–Crippen LogP) is 3.37. The molecule has 1 aliphatic heterocycles. The van der Waals surface area contributed by atoms with Crippen LogP contribution in [-0.4, -0.2) is 61.8 Å². The molecule has 1 N–H and O–H groups in total. The first-order valence-electron chi connectivity index (χ1n) is 10.5. The molecular weight excluding hydrogens is 404 g/mol. The van der Waals surface area contributed by atoms with E-state index in [1.807, 2.05) is 25.1 Å². The second-order valence-corrected chi connectivity index (χ2v) is 6.92. The Bertz CT molecular complexity index is 843. The lowest BCUT2D eigenvalue weighted by Gasteiger charge is -2.37. The fourth-order valence-electron chi connectivity index (χ4n) is 3.39. The monoisotopic (exact) mass is 433 g/mol. The maximum atomic E-state index is 12.6. The Balaban J connectivity index is 1.66. The van der Waals surface area contributed by atoms with Gasteiger partial charge in [0, 0.05) is 38.9 Å². The lowest BCUT2D eigenvalue weighted by Crippen LogP contribution is -2.52. The molecule has 0 bridgehead atoms. The molecule has 0 spiro atoms. The number of pyridine rings is 1. The number of hydrogen-bond acceptors (Lipinski definition) is 5. The summed E-state index contributed by atoms with van der Waals surface area (Å²) in [4.78, 5) is 13.7. The normalized spacial score (nSPS) is 14.7. The smallest absolute Gasteiger partial charge is 0.387 e. The summed E-state index contributed by atoms with van der Waals surface area (Å²) in [5.74, 6) is 2.14. The molecule has 9 heteroatoms. The Labute approximate surface area is 181 Å². The largest absolute Gasteiger partial charge is 0.490 e. The number of nitrogens with one attached hydrogen (secondary N) is 1. The van der Waals surface area contributed by atoms with Gasteiger partial charge in [0.25, 0.3) is 0 Å². The molecule has 1 aliphatic rings. The summed E-state index contributed by atoms with van der Waals surface area (Å²) >= 11 is 0. The summed E-state index contributed by atoms with van der Waals surface area (Å²) in [6.07, 6.45) is 1.81. The fraction of sp³-hybridized carbons (Fsp3) is 0.455. The van der Waals surface area contributed by atoms with Gasteiger partial charge in [-0.1, -0.05) is 12.1 Å². The molecule has 0 aliphatic carbocycles. The Hall–Kier alpha value is -3.10. The molecule has 1 fully saturated rings. The molecule has 31 heavy (non-hydrogen) atoms.